The first-order valence-corrected chi connectivity index (χ1v) is 10.9. The van der Waals surface area contributed by atoms with Gasteiger partial charge >= 0.3 is 5.91 Å². The summed E-state index contributed by atoms with van der Waals surface area (Å²) in [5, 5.41) is 2.92. The first-order chi connectivity index (χ1) is 15.4. The molecule has 3 aromatic carbocycles. The summed E-state index contributed by atoms with van der Waals surface area (Å²) in [6, 6.07) is 21.3. The summed E-state index contributed by atoms with van der Waals surface area (Å²) in [4.78, 5) is 25.8. The van der Waals surface area contributed by atoms with Crippen LogP contribution in [0.15, 0.2) is 77.3 Å². The van der Waals surface area contributed by atoms with Crippen molar-refractivity contribution in [3.63, 3.8) is 0 Å². The van der Waals surface area contributed by atoms with Crippen molar-refractivity contribution in [2.24, 2.45) is 0 Å². The number of nitrogens with zero attached hydrogens (tertiary/aromatic N) is 1. The van der Waals surface area contributed by atoms with Crippen LogP contribution in [0.25, 0.3) is 0 Å². The van der Waals surface area contributed by atoms with Crippen molar-refractivity contribution in [1.82, 2.24) is 10.7 Å². The molecule has 7 heteroatoms. The molecule has 1 aliphatic rings. The molecule has 2 amide bonds. The molecule has 2 N–H and O–H groups in total. The van der Waals surface area contributed by atoms with Gasteiger partial charge in [0.1, 0.15) is 5.75 Å². The SMILES string of the molecule is COc1ccc([C@H]2[C@H](NC(=O)c3ccc(C)cc3)C(=O)N/[N+]2=C\c2ccc(Br)cc2)cc1. The van der Waals surface area contributed by atoms with Gasteiger partial charge in [0.05, 0.1) is 7.11 Å². The molecule has 3 aromatic rings. The minimum absolute atomic E-state index is 0.278. The van der Waals surface area contributed by atoms with Crippen LogP contribution in [0.4, 0.5) is 0 Å². The highest BCUT2D eigenvalue weighted by Gasteiger charge is 2.47. The maximum Gasteiger partial charge on any atom is 0.304 e. The lowest BCUT2D eigenvalue weighted by molar-refractivity contribution is -0.596. The van der Waals surface area contributed by atoms with E-state index >= 15 is 0 Å². The Bertz CT molecular complexity index is 1160. The van der Waals surface area contributed by atoms with E-state index < -0.39 is 12.1 Å². The van der Waals surface area contributed by atoms with Gasteiger partial charge in [0.15, 0.2) is 6.04 Å². The van der Waals surface area contributed by atoms with E-state index in [1.54, 1.807) is 23.9 Å². The molecule has 0 bridgehead atoms. The van der Waals surface area contributed by atoms with E-state index in [2.05, 4.69) is 26.7 Å². The second-order valence-electron chi connectivity index (χ2n) is 7.60. The molecule has 162 valence electrons. The summed E-state index contributed by atoms with van der Waals surface area (Å²) < 4.78 is 7.98. The number of nitrogens with one attached hydrogen (secondary N) is 2. The monoisotopic (exact) mass is 492 g/mol. The zero-order valence-corrected chi connectivity index (χ0v) is 19.3. The van der Waals surface area contributed by atoms with Crippen molar-refractivity contribution >= 4 is 34.0 Å². The Balaban J connectivity index is 1.69. The minimum Gasteiger partial charge on any atom is -0.497 e. The molecule has 1 saturated heterocycles. The van der Waals surface area contributed by atoms with Crippen LogP contribution in [0.2, 0.25) is 0 Å². The molecule has 6 nitrogen and oxygen atoms in total. The van der Waals surface area contributed by atoms with Crippen LogP contribution in [0.5, 0.6) is 5.75 Å². The van der Waals surface area contributed by atoms with Crippen molar-refractivity contribution in [3.05, 3.63) is 99.5 Å². The second-order valence-corrected chi connectivity index (χ2v) is 8.51. The normalized spacial score (nSPS) is 19.0. The Morgan fingerprint density at radius 1 is 1.03 bits per heavy atom. The van der Waals surface area contributed by atoms with Gasteiger partial charge in [-0.15, -0.1) is 10.1 Å². The standard InChI is InChI=1S/C25H22BrN3O3/c1-16-3-7-19(8-4-16)24(30)27-22-23(18-9-13-21(32-2)14-10-18)29(28-25(22)31)15-17-5-11-20(26)12-6-17/h3-15,22-23H,1-2H3,(H-,27,28,30,31)/p+1/b29-15-/t22-,23-/m0/s1. The highest BCUT2D eigenvalue weighted by atomic mass is 79.9. The average Bonchev–Trinajstić information content (AvgIpc) is 3.10. The number of amides is 2. The van der Waals surface area contributed by atoms with Gasteiger partial charge in [0, 0.05) is 21.2 Å². The first kappa shape index (κ1) is 21.8. The number of aryl methyl sites for hydroxylation is 1. The predicted octanol–water partition coefficient (Wildman–Crippen LogP) is 3.78. The summed E-state index contributed by atoms with van der Waals surface area (Å²) in [5.74, 6) is 0.142. The third kappa shape index (κ3) is 4.73. The highest BCUT2D eigenvalue weighted by Crippen LogP contribution is 2.27. The van der Waals surface area contributed by atoms with Crippen LogP contribution in [0.1, 0.15) is 33.1 Å². The van der Waals surface area contributed by atoms with E-state index in [0.29, 0.717) is 5.56 Å². The number of ether oxygens (including phenoxy) is 1. The van der Waals surface area contributed by atoms with Crippen LogP contribution in [0.3, 0.4) is 0 Å². The molecule has 1 fully saturated rings. The lowest BCUT2D eigenvalue weighted by Crippen LogP contribution is -2.42. The number of carbonyl (C=O) groups excluding carboxylic acids is 2. The highest BCUT2D eigenvalue weighted by molar-refractivity contribution is 9.10. The van der Waals surface area contributed by atoms with E-state index in [9.17, 15) is 9.59 Å². The topological polar surface area (TPSA) is 70.4 Å². The maximum absolute atomic E-state index is 12.9. The molecule has 32 heavy (non-hydrogen) atoms. The summed E-state index contributed by atoms with van der Waals surface area (Å²) in [7, 11) is 1.61. The number of hydrogen-bond donors (Lipinski definition) is 2. The zero-order chi connectivity index (χ0) is 22.7. The molecular weight excluding hydrogens is 470 g/mol. The third-order valence-corrected chi connectivity index (χ3v) is 5.88. The Kier molecular flexibility index (Phi) is 6.37. The van der Waals surface area contributed by atoms with E-state index in [0.717, 1.165) is 26.9 Å². The van der Waals surface area contributed by atoms with Gasteiger partial charge < -0.3 is 10.1 Å². The fraction of sp³-hybridized carbons (Fsp3) is 0.160. The van der Waals surface area contributed by atoms with Gasteiger partial charge in [-0.25, -0.2) is 0 Å². The Morgan fingerprint density at radius 2 is 1.69 bits per heavy atom. The summed E-state index contributed by atoms with van der Waals surface area (Å²) in [6.45, 7) is 1.96. The smallest absolute Gasteiger partial charge is 0.304 e. The maximum atomic E-state index is 12.9. The van der Waals surface area contributed by atoms with Crippen molar-refractivity contribution in [2.75, 3.05) is 7.11 Å². The quantitative estimate of drug-likeness (QED) is 0.532. The van der Waals surface area contributed by atoms with E-state index in [1.165, 1.54) is 0 Å². The van der Waals surface area contributed by atoms with Gasteiger partial charge in [0.2, 0.25) is 12.3 Å². The summed E-state index contributed by atoms with van der Waals surface area (Å²) in [6.07, 6.45) is 1.86. The van der Waals surface area contributed by atoms with Gasteiger partial charge in [-0.2, -0.15) is 0 Å². The van der Waals surface area contributed by atoms with Crippen molar-refractivity contribution < 1.29 is 19.0 Å². The van der Waals surface area contributed by atoms with Gasteiger partial charge in [-0.05, 0) is 67.6 Å². The molecule has 0 saturated carbocycles. The number of carbonyl (C=O) groups is 2. The van der Waals surface area contributed by atoms with Gasteiger partial charge in [0.25, 0.3) is 5.91 Å². The summed E-state index contributed by atoms with van der Waals surface area (Å²) >= 11 is 3.44. The van der Waals surface area contributed by atoms with Crippen LogP contribution < -0.4 is 15.5 Å². The third-order valence-electron chi connectivity index (χ3n) is 5.35. The van der Waals surface area contributed by atoms with Crippen molar-refractivity contribution in [2.45, 2.75) is 19.0 Å². The predicted molar refractivity (Wildman–Crippen MR) is 126 cm³/mol. The molecular formula is C25H23BrN3O3+. The first-order valence-electron chi connectivity index (χ1n) is 10.2. The molecule has 1 heterocycles. The Labute approximate surface area is 195 Å². The fourth-order valence-electron chi connectivity index (χ4n) is 3.62. The molecule has 0 unspecified atom stereocenters. The Hall–Kier alpha value is -3.45. The number of halogens is 1. The van der Waals surface area contributed by atoms with E-state index in [4.69, 9.17) is 4.74 Å². The van der Waals surface area contributed by atoms with Crippen LogP contribution in [-0.4, -0.2) is 35.9 Å². The zero-order valence-electron chi connectivity index (χ0n) is 17.7. The number of hydrogen-bond acceptors (Lipinski definition) is 3. The molecule has 0 aliphatic carbocycles. The lowest BCUT2D eigenvalue weighted by atomic mass is 9.99. The molecule has 0 radical (unpaired) electrons. The van der Waals surface area contributed by atoms with Crippen LogP contribution >= 0.6 is 15.9 Å². The number of benzene rings is 3. The average molecular weight is 493 g/mol. The van der Waals surface area contributed by atoms with Crippen LogP contribution in [0, 0.1) is 6.92 Å². The number of hydrazine groups is 1. The lowest BCUT2D eigenvalue weighted by Gasteiger charge is -2.15. The molecule has 4 rings (SSSR count). The molecule has 0 spiro atoms. The van der Waals surface area contributed by atoms with E-state index in [1.807, 2.05) is 73.8 Å². The fourth-order valence-corrected chi connectivity index (χ4v) is 3.88. The largest absolute Gasteiger partial charge is 0.497 e. The van der Waals surface area contributed by atoms with Crippen molar-refractivity contribution in [1.29, 1.82) is 0 Å². The Morgan fingerprint density at radius 3 is 2.31 bits per heavy atom. The summed E-state index contributed by atoms with van der Waals surface area (Å²) in [5.41, 5.74) is 6.24. The number of methoxy groups -OCH3 is 1. The minimum atomic E-state index is -0.774. The molecule has 1 aliphatic heterocycles. The van der Waals surface area contributed by atoms with Gasteiger partial charge in [-0.3, -0.25) is 9.59 Å². The second kappa shape index (κ2) is 9.36. The van der Waals surface area contributed by atoms with Crippen LogP contribution in [-0.2, 0) is 4.79 Å². The van der Waals surface area contributed by atoms with Gasteiger partial charge in [-0.1, -0.05) is 33.6 Å². The van der Waals surface area contributed by atoms with Crippen molar-refractivity contribution in [3.8, 4) is 5.75 Å². The number of rotatable bonds is 5. The van der Waals surface area contributed by atoms with E-state index in [-0.39, 0.29) is 11.8 Å². The molecule has 2 atom stereocenters. The molecule has 0 aromatic heterocycles. The number of hydrazone groups is 1.